The molecule has 1 aliphatic rings. The van der Waals surface area contributed by atoms with Crippen molar-refractivity contribution >= 4 is 23.3 Å². The first-order valence-electron chi connectivity index (χ1n) is 7.15. The quantitative estimate of drug-likeness (QED) is 0.929. The van der Waals surface area contributed by atoms with Crippen LogP contribution in [0.15, 0.2) is 24.3 Å². The van der Waals surface area contributed by atoms with Gasteiger partial charge in [-0.1, -0.05) is 18.5 Å². The Bertz CT molecular complexity index is 441. The molecule has 4 nitrogen and oxygen atoms in total. The van der Waals surface area contributed by atoms with Gasteiger partial charge in [0.1, 0.15) is 0 Å². The molecule has 1 aromatic carbocycles. The summed E-state index contributed by atoms with van der Waals surface area (Å²) in [6.07, 6.45) is 1.15. The highest BCUT2D eigenvalue weighted by atomic mass is 35.5. The molecule has 0 aliphatic carbocycles. The SMILES string of the molecule is CCC(C)N1CCN(C(=O)Nc2ccc(Cl)cc2)CC1. The van der Waals surface area contributed by atoms with Crippen molar-refractivity contribution in [2.75, 3.05) is 31.5 Å². The lowest BCUT2D eigenvalue weighted by Gasteiger charge is -2.37. The number of carbonyl (C=O) groups excluding carboxylic acids is 1. The number of carbonyl (C=O) groups is 1. The zero-order chi connectivity index (χ0) is 14.5. The predicted molar refractivity (Wildman–Crippen MR) is 83.4 cm³/mol. The minimum atomic E-state index is -0.0314. The van der Waals surface area contributed by atoms with E-state index in [-0.39, 0.29) is 6.03 Å². The molecule has 5 heteroatoms. The molecular formula is C15H22ClN3O. The minimum Gasteiger partial charge on any atom is -0.322 e. The molecule has 0 bridgehead atoms. The first kappa shape index (κ1) is 15.1. The zero-order valence-corrected chi connectivity index (χ0v) is 12.9. The van der Waals surface area contributed by atoms with Gasteiger partial charge in [0.05, 0.1) is 0 Å². The summed E-state index contributed by atoms with van der Waals surface area (Å²) < 4.78 is 0. The van der Waals surface area contributed by atoms with E-state index >= 15 is 0 Å². The summed E-state index contributed by atoms with van der Waals surface area (Å²) in [5.74, 6) is 0. The van der Waals surface area contributed by atoms with E-state index in [9.17, 15) is 4.79 Å². The summed E-state index contributed by atoms with van der Waals surface area (Å²) in [6, 6.07) is 7.74. The second kappa shape index (κ2) is 6.95. The average molecular weight is 296 g/mol. The van der Waals surface area contributed by atoms with Crippen molar-refractivity contribution in [3.05, 3.63) is 29.3 Å². The maximum Gasteiger partial charge on any atom is 0.321 e. The Morgan fingerprint density at radius 2 is 1.85 bits per heavy atom. The molecule has 1 unspecified atom stereocenters. The fourth-order valence-electron chi connectivity index (χ4n) is 2.36. The lowest BCUT2D eigenvalue weighted by Crippen LogP contribution is -2.52. The number of nitrogens with zero attached hydrogens (tertiary/aromatic N) is 2. The molecule has 1 aromatic rings. The molecule has 0 radical (unpaired) electrons. The molecule has 20 heavy (non-hydrogen) atoms. The summed E-state index contributed by atoms with van der Waals surface area (Å²) in [5.41, 5.74) is 0.781. The standard InChI is InChI=1S/C15H22ClN3O/c1-3-12(2)18-8-10-19(11-9-18)15(20)17-14-6-4-13(16)5-7-14/h4-7,12H,3,8-11H2,1-2H3,(H,17,20). The summed E-state index contributed by atoms with van der Waals surface area (Å²) in [6.45, 7) is 7.90. The number of amides is 2. The molecule has 1 fully saturated rings. The van der Waals surface area contributed by atoms with Gasteiger partial charge in [-0.15, -0.1) is 0 Å². The molecule has 1 atom stereocenters. The van der Waals surface area contributed by atoms with Crippen LogP contribution in [0.5, 0.6) is 0 Å². The van der Waals surface area contributed by atoms with E-state index in [1.54, 1.807) is 12.1 Å². The van der Waals surface area contributed by atoms with E-state index in [4.69, 9.17) is 11.6 Å². The number of nitrogens with one attached hydrogen (secondary N) is 1. The molecule has 1 N–H and O–H groups in total. The van der Waals surface area contributed by atoms with E-state index in [2.05, 4.69) is 24.1 Å². The van der Waals surface area contributed by atoms with Crippen LogP contribution in [-0.4, -0.2) is 48.1 Å². The van der Waals surface area contributed by atoms with Crippen LogP contribution < -0.4 is 5.32 Å². The van der Waals surface area contributed by atoms with Crippen LogP contribution in [0.25, 0.3) is 0 Å². The van der Waals surface area contributed by atoms with Gasteiger partial charge < -0.3 is 10.2 Å². The van der Waals surface area contributed by atoms with Crippen molar-refractivity contribution in [3.63, 3.8) is 0 Å². The van der Waals surface area contributed by atoms with Crippen molar-refractivity contribution in [2.45, 2.75) is 26.3 Å². The Morgan fingerprint density at radius 3 is 2.40 bits per heavy atom. The third kappa shape index (κ3) is 3.87. The van der Waals surface area contributed by atoms with Gasteiger partial charge in [0.25, 0.3) is 0 Å². The Balaban J connectivity index is 1.84. The predicted octanol–water partition coefficient (Wildman–Crippen LogP) is 3.29. The summed E-state index contributed by atoms with van der Waals surface area (Å²) in [4.78, 5) is 16.5. The highest BCUT2D eigenvalue weighted by Crippen LogP contribution is 2.15. The number of hydrogen-bond acceptors (Lipinski definition) is 2. The van der Waals surface area contributed by atoms with Crippen LogP contribution >= 0.6 is 11.6 Å². The zero-order valence-electron chi connectivity index (χ0n) is 12.1. The van der Waals surface area contributed by atoms with E-state index in [1.165, 1.54) is 0 Å². The molecule has 0 saturated carbocycles. The number of urea groups is 1. The topological polar surface area (TPSA) is 35.6 Å². The van der Waals surface area contributed by atoms with Crippen molar-refractivity contribution < 1.29 is 4.79 Å². The first-order valence-corrected chi connectivity index (χ1v) is 7.53. The number of anilines is 1. The number of rotatable bonds is 3. The molecule has 0 spiro atoms. The maximum absolute atomic E-state index is 12.2. The summed E-state index contributed by atoms with van der Waals surface area (Å²) >= 11 is 5.83. The van der Waals surface area contributed by atoms with Crippen molar-refractivity contribution in [3.8, 4) is 0 Å². The minimum absolute atomic E-state index is 0.0314. The summed E-state index contributed by atoms with van der Waals surface area (Å²) in [5, 5.41) is 3.58. The van der Waals surface area contributed by atoms with Gasteiger partial charge in [-0.3, -0.25) is 4.90 Å². The number of hydrogen-bond donors (Lipinski definition) is 1. The number of halogens is 1. The van der Waals surface area contributed by atoms with Crippen LogP contribution in [0.1, 0.15) is 20.3 Å². The Morgan fingerprint density at radius 1 is 1.25 bits per heavy atom. The normalized spacial score (nSPS) is 17.9. The van der Waals surface area contributed by atoms with Crippen molar-refractivity contribution in [1.82, 2.24) is 9.80 Å². The lowest BCUT2D eigenvalue weighted by atomic mass is 10.2. The number of piperazine rings is 1. The van der Waals surface area contributed by atoms with Crippen LogP contribution in [-0.2, 0) is 0 Å². The monoisotopic (exact) mass is 295 g/mol. The van der Waals surface area contributed by atoms with Crippen molar-refractivity contribution in [2.24, 2.45) is 0 Å². The largest absolute Gasteiger partial charge is 0.322 e. The van der Waals surface area contributed by atoms with Gasteiger partial charge in [-0.2, -0.15) is 0 Å². The Labute approximate surface area is 125 Å². The van der Waals surface area contributed by atoms with Gasteiger partial charge in [0.2, 0.25) is 0 Å². The average Bonchev–Trinajstić information content (AvgIpc) is 2.49. The first-order chi connectivity index (χ1) is 9.60. The van der Waals surface area contributed by atoms with Crippen molar-refractivity contribution in [1.29, 1.82) is 0 Å². The lowest BCUT2D eigenvalue weighted by molar-refractivity contribution is 0.117. The molecule has 0 aromatic heterocycles. The number of benzene rings is 1. The third-order valence-electron chi connectivity index (χ3n) is 3.91. The highest BCUT2D eigenvalue weighted by molar-refractivity contribution is 6.30. The second-order valence-corrected chi connectivity index (χ2v) is 5.65. The van der Waals surface area contributed by atoms with Gasteiger partial charge in [-0.05, 0) is 37.6 Å². The molecule has 1 aliphatic heterocycles. The molecule has 1 heterocycles. The van der Waals surface area contributed by atoms with E-state index < -0.39 is 0 Å². The van der Waals surface area contributed by atoms with E-state index in [0.29, 0.717) is 11.1 Å². The van der Waals surface area contributed by atoms with E-state index in [1.807, 2.05) is 17.0 Å². The highest BCUT2D eigenvalue weighted by Gasteiger charge is 2.23. The second-order valence-electron chi connectivity index (χ2n) is 5.22. The fraction of sp³-hybridized carbons (Fsp3) is 0.533. The fourth-order valence-corrected chi connectivity index (χ4v) is 2.49. The van der Waals surface area contributed by atoms with Crippen LogP contribution in [0.4, 0.5) is 10.5 Å². The molecule has 2 rings (SSSR count). The van der Waals surface area contributed by atoms with Crippen LogP contribution in [0.2, 0.25) is 5.02 Å². The molecule has 2 amide bonds. The van der Waals surface area contributed by atoms with Gasteiger partial charge in [0, 0.05) is 42.9 Å². The molecule has 110 valence electrons. The van der Waals surface area contributed by atoms with Crippen LogP contribution in [0.3, 0.4) is 0 Å². The molecular weight excluding hydrogens is 274 g/mol. The van der Waals surface area contributed by atoms with Crippen LogP contribution in [0, 0.1) is 0 Å². The van der Waals surface area contributed by atoms with Gasteiger partial charge in [-0.25, -0.2) is 4.79 Å². The van der Waals surface area contributed by atoms with Gasteiger partial charge in [0.15, 0.2) is 0 Å². The Kier molecular flexibility index (Phi) is 5.26. The third-order valence-corrected chi connectivity index (χ3v) is 4.16. The summed E-state index contributed by atoms with van der Waals surface area (Å²) in [7, 11) is 0. The van der Waals surface area contributed by atoms with E-state index in [0.717, 1.165) is 38.3 Å². The molecule has 1 saturated heterocycles. The smallest absolute Gasteiger partial charge is 0.321 e. The van der Waals surface area contributed by atoms with Gasteiger partial charge >= 0.3 is 6.03 Å². The Hall–Kier alpha value is -1.26. The maximum atomic E-state index is 12.2.